The van der Waals surface area contributed by atoms with E-state index in [0.717, 1.165) is 32.1 Å². The topological polar surface area (TPSA) is 178 Å². The summed E-state index contributed by atoms with van der Waals surface area (Å²) in [5.41, 5.74) is -2.04. The molecule has 316 valence electrons. The molecule has 7 aliphatic rings. The first-order valence-corrected chi connectivity index (χ1v) is 20.7. The lowest BCUT2D eigenvalue weighted by atomic mass is 9.43. The van der Waals surface area contributed by atoms with Crippen LogP contribution >= 0.6 is 0 Å². The minimum Gasteiger partial charge on any atom is -0.458 e. The fourth-order valence-corrected chi connectivity index (χ4v) is 12.6. The number of ketones is 1. The molecule has 4 aliphatic carbocycles. The number of Topliss-reactive ketones (excluding diaryl/α,β-unsaturated/α-hetero) is 1. The lowest BCUT2D eigenvalue weighted by Crippen LogP contribution is -2.70. The first-order chi connectivity index (χ1) is 26.4. The molecule has 3 aliphatic heterocycles. The number of methoxy groups -OCH3 is 2. The monoisotopic (exact) mass is 792 g/mol. The molecule has 0 aromatic rings. The number of aliphatic hydroxyl groups is 2. The van der Waals surface area contributed by atoms with Crippen LogP contribution in [0.15, 0.2) is 11.6 Å². The van der Waals surface area contributed by atoms with Gasteiger partial charge in [0.2, 0.25) is 0 Å². The highest BCUT2D eigenvalue weighted by atomic mass is 16.7. The molecule has 2 spiro atoms. The van der Waals surface area contributed by atoms with Gasteiger partial charge >= 0.3 is 11.9 Å². The van der Waals surface area contributed by atoms with Crippen molar-refractivity contribution in [1.82, 2.24) is 0 Å². The number of epoxide rings is 1. The van der Waals surface area contributed by atoms with Crippen molar-refractivity contribution < 1.29 is 67.2 Å². The molecule has 0 aromatic heterocycles. The van der Waals surface area contributed by atoms with Gasteiger partial charge in [-0.15, -0.1) is 0 Å². The largest absolute Gasteiger partial charge is 0.458 e. The summed E-state index contributed by atoms with van der Waals surface area (Å²) < 4.78 is 56.4. The van der Waals surface area contributed by atoms with E-state index in [1.807, 2.05) is 13.8 Å². The van der Waals surface area contributed by atoms with Crippen molar-refractivity contribution in [1.29, 1.82) is 0 Å². The summed E-state index contributed by atoms with van der Waals surface area (Å²) in [4.78, 5) is 39.8. The van der Waals surface area contributed by atoms with Crippen molar-refractivity contribution in [2.75, 3.05) is 14.2 Å². The van der Waals surface area contributed by atoms with Crippen molar-refractivity contribution in [3.05, 3.63) is 11.6 Å². The van der Waals surface area contributed by atoms with Crippen LogP contribution < -0.4 is 0 Å². The van der Waals surface area contributed by atoms with Gasteiger partial charge in [-0.1, -0.05) is 19.9 Å². The van der Waals surface area contributed by atoms with Crippen LogP contribution in [-0.2, 0) is 57.0 Å². The Morgan fingerprint density at radius 3 is 2.18 bits per heavy atom. The number of esters is 2. The Morgan fingerprint density at radius 2 is 1.54 bits per heavy atom. The maximum Gasteiger partial charge on any atom is 0.333 e. The Labute approximate surface area is 330 Å². The lowest BCUT2D eigenvalue weighted by molar-refractivity contribution is -0.343. The van der Waals surface area contributed by atoms with E-state index in [4.69, 9.17) is 42.6 Å². The van der Waals surface area contributed by atoms with E-state index >= 15 is 0 Å². The van der Waals surface area contributed by atoms with Crippen molar-refractivity contribution in [2.45, 2.75) is 192 Å². The van der Waals surface area contributed by atoms with Crippen LogP contribution in [0, 0.1) is 28.6 Å². The zero-order valence-electron chi connectivity index (χ0n) is 34.7. The van der Waals surface area contributed by atoms with Crippen molar-refractivity contribution in [3.63, 3.8) is 0 Å². The number of aliphatic hydroxyl groups excluding tert-OH is 2. The number of fused-ring (bicyclic) bond motifs is 2. The van der Waals surface area contributed by atoms with Gasteiger partial charge in [0, 0.05) is 50.4 Å². The standard InChI is InChI=1S/C42H64O14/c1-11-20(2)37(47)54-34-35-39(7)15-13-26(53-29-19-28(48-9)32(23(5)50-29)55-38-31(46)33(49-10)30(45)22(4)51-38)18-25(39)12-16-41(35)42(56-41)17-14-27(21(3)43)40(42,8)36(34)52-24(6)44/h11,22-23,25-36,38,45-46H,12-19H2,1-10H3/b20-11+/t22-,23-,25+,26+,27+,28-,29-,30-,31-,32-,33-,34+,35-,36-,38+,39+,40+,41?,42-/m1/s1. The normalized spacial score (nSPS) is 51.1. The Hall–Kier alpha value is -2.01. The van der Waals surface area contributed by atoms with Gasteiger partial charge in [0.05, 0.1) is 24.4 Å². The molecule has 56 heavy (non-hydrogen) atoms. The second-order valence-electron chi connectivity index (χ2n) is 18.2. The molecule has 0 bridgehead atoms. The van der Waals surface area contributed by atoms with E-state index < -0.39 is 102 Å². The molecule has 7 fully saturated rings. The Kier molecular flexibility index (Phi) is 11.5. The number of ether oxygens (including phenoxy) is 9. The second-order valence-corrected chi connectivity index (χ2v) is 18.2. The van der Waals surface area contributed by atoms with E-state index in [1.54, 1.807) is 40.9 Å². The third-order valence-electron chi connectivity index (χ3n) is 15.6. The highest BCUT2D eigenvalue weighted by Gasteiger charge is 2.91. The SMILES string of the molecule is C/C=C(\C)C(=O)O[C@@H]1[C@@H](OC(C)=O)[C@]2(C)[C@H](C(C)=O)CC[C@@]23OC32CC[C@H]3C[C@@H](O[C@@H]4C[C@@H](OC)[C@H](O[C@@H]5O[C@H](C)[C@@H](O)[C@@H](OC)[C@H]5O)[C@@H](C)O4)CC[C@]3(C)[C@@H]12. The molecule has 14 heteroatoms. The van der Waals surface area contributed by atoms with Crippen LogP contribution in [0.4, 0.5) is 0 Å². The van der Waals surface area contributed by atoms with Crippen molar-refractivity contribution >= 4 is 17.7 Å². The van der Waals surface area contributed by atoms with Crippen LogP contribution in [0.1, 0.15) is 107 Å². The number of hydrogen-bond acceptors (Lipinski definition) is 14. The molecule has 3 heterocycles. The van der Waals surface area contributed by atoms with Gasteiger partial charge in [-0.2, -0.15) is 0 Å². The summed E-state index contributed by atoms with van der Waals surface area (Å²) in [5.74, 6) is -1.41. The number of carbonyl (C=O) groups excluding carboxylic acids is 3. The fraction of sp³-hybridized carbons (Fsp3) is 0.881. The summed E-state index contributed by atoms with van der Waals surface area (Å²) in [6.45, 7) is 14.4. The lowest BCUT2D eigenvalue weighted by Gasteiger charge is -2.61. The van der Waals surface area contributed by atoms with Gasteiger partial charge in [-0.3, -0.25) is 9.59 Å². The van der Waals surface area contributed by atoms with Gasteiger partial charge < -0.3 is 52.8 Å². The molecule has 0 radical (unpaired) electrons. The molecule has 19 atom stereocenters. The fourth-order valence-electron chi connectivity index (χ4n) is 12.6. The van der Waals surface area contributed by atoms with Gasteiger partial charge in [0.25, 0.3) is 0 Å². The zero-order chi connectivity index (χ0) is 40.7. The molecule has 14 nitrogen and oxygen atoms in total. The summed E-state index contributed by atoms with van der Waals surface area (Å²) >= 11 is 0. The van der Waals surface area contributed by atoms with E-state index in [-0.39, 0.29) is 29.1 Å². The summed E-state index contributed by atoms with van der Waals surface area (Å²) in [7, 11) is 3.04. The first-order valence-electron chi connectivity index (χ1n) is 20.7. The molecular formula is C42H64O14. The average molecular weight is 793 g/mol. The van der Waals surface area contributed by atoms with Crippen LogP contribution in [0.25, 0.3) is 0 Å². The average Bonchev–Trinajstić information content (AvgIpc) is 3.70. The summed E-state index contributed by atoms with van der Waals surface area (Å²) in [6, 6.07) is 0. The number of carbonyl (C=O) groups is 3. The minimum atomic E-state index is -1.21. The third-order valence-corrected chi connectivity index (χ3v) is 15.6. The maximum absolute atomic E-state index is 13.7. The molecule has 4 saturated carbocycles. The maximum atomic E-state index is 13.7. The van der Waals surface area contributed by atoms with Crippen LogP contribution in [0.2, 0.25) is 0 Å². The Balaban J connectivity index is 1.10. The highest BCUT2D eigenvalue weighted by molar-refractivity contribution is 5.88. The van der Waals surface area contributed by atoms with Crippen LogP contribution in [0.3, 0.4) is 0 Å². The summed E-state index contributed by atoms with van der Waals surface area (Å²) in [5, 5.41) is 21.3. The number of hydrogen-bond donors (Lipinski definition) is 2. The molecule has 3 saturated heterocycles. The van der Waals surface area contributed by atoms with E-state index in [2.05, 4.69) is 6.92 Å². The van der Waals surface area contributed by atoms with E-state index in [9.17, 15) is 24.6 Å². The number of rotatable bonds is 10. The Morgan fingerprint density at radius 1 is 0.804 bits per heavy atom. The predicted octanol–water partition coefficient (Wildman–Crippen LogP) is 3.94. The van der Waals surface area contributed by atoms with E-state index in [0.29, 0.717) is 24.8 Å². The summed E-state index contributed by atoms with van der Waals surface area (Å²) in [6.07, 6.45) is -1.32. The van der Waals surface area contributed by atoms with Crippen LogP contribution in [0.5, 0.6) is 0 Å². The third kappa shape index (κ3) is 6.34. The molecule has 7 rings (SSSR count). The van der Waals surface area contributed by atoms with E-state index in [1.165, 1.54) is 14.0 Å². The minimum absolute atomic E-state index is 0.0276. The number of allylic oxidation sites excluding steroid dienone is 1. The van der Waals surface area contributed by atoms with Gasteiger partial charge in [0.15, 0.2) is 12.6 Å². The Bertz CT molecular complexity index is 1550. The highest BCUT2D eigenvalue weighted by Crippen LogP contribution is 2.81. The van der Waals surface area contributed by atoms with Crippen LogP contribution in [-0.4, -0.2) is 127 Å². The molecule has 0 aromatic carbocycles. The first kappa shape index (κ1) is 42.1. The molecule has 1 unspecified atom stereocenters. The molecule has 2 N–H and O–H groups in total. The predicted molar refractivity (Wildman–Crippen MR) is 198 cm³/mol. The van der Waals surface area contributed by atoms with Crippen molar-refractivity contribution in [2.24, 2.45) is 28.6 Å². The molecular weight excluding hydrogens is 728 g/mol. The molecule has 0 amide bonds. The van der Waals surface area contributed by atoms with Gasteiger partial charge in [-0.25, -0.2) is 4.79 Å². The van der Waals surface area contributed by atoms with Gasteiger partial charge in [-0.05, 0) is 90.9 Å². The smallest absolute Gasteiger partial charge is 0.333 e. The zero-order valence-corrected chi connectivity index (χ0v) is 34.7. The van der Waals surface area contributed by atoms with Gasteiger partial charge in [0.1, 0.15) is 53.6 Å². The van der Waals surface area contributed by atoms with Crippen molar-refractivity contribution in [3.8, 4) is 0 Å². The second kappa shape index (κ2) is 15.2. The quantitative estimate of drug-likeness (QED) is 0.141.